The van der Waals surface area contributed by atoms with Crippen molar-refractivity contribution < 1.29 is 0 Å². The molecule has 8 aromatic carbocycles. The molecule has 3 heteroatoms. The lowest BCUT2D eigenvalue weighted by Crippen LogP contribution is -1.96. The van der Waals surface area contributed by atoms with Crippen molar-refractivity contribution in [3.05, 3.63) is 176 Å². The van der Waals surface area contributed by atoms with Crippen LogP contribution in [0.4, 0.5) is 0 Å². The molecular formula is C49H29N3. The molecule has 0 saturated carbocycles. The molecule has 0 atom stereocenters. The molecule has 1 aliphatic rings. The summed E-state index contributed by atoms with van der Waals surface area (Å²) in [6.07, 6.45) is 1.95. The third-order valence-electron chi connectivity index (χ3n) is 11.3. The van der Waals surface area contributed by atoms with E-state index >= 15 is 0 Å². The number of pyridine rings is 1. The number of benzene rings is 8. The quantitative estimate of drug-likeness (QED) is 0.185. The molecule has 0 aliphatic heterocycles. The molecule has 0 amide bonds. The molecular weight excluding hydrogens is 631 g/mol. The maximum absolute atomic E-state index is 4.93. The largest absolute Gasteiger partial charge is 0.309 e. The van der Waals surface area contributed by atoms with Crippen LogP contribution in [0.25, 0.3) is 110 Å². The fraction of sp³-hybridized carbons (Fsp3) is 0. The number of rotatable bonds is 3. The van der Waals surface area contributed by atoms with Crippen LogP contribution in [-0.2, 0) is 0 Å². The topological polar surface area (TPSA) is 22.8 Å². The van der Waals surface area contributed by atoms with E-state index in [2.05, 4.69) is 179 Å². The van der Waals surface area contributed by atoms with Crippen molar-refractivity contribution in [1.29, 1.82) is 0 Å². The van der Waals surface area contributed by atoms with Gasteiger partial charge in [0.25, 0.3) is 0 Å². The normalized spacial score (nSPS) is 12.2. The monoisotopic (exact) mass is 659 g/mol. The van der Waals surface area contributed by atoms with Gasteiger partial charge in [-0.25, -0.2) is 0 Å². The lowest BCUT2D eigenvalue weighted by atomic mass is 10.00. The fourth-order valence-corrected chi connectivity index (χ4v) is 9.03. The van der Waals surface area contributed by atoms with E-state index in [1.165, 1.54) is 98.8 Å². The van der Waals surface area contributed by atoms with E-state index in [9.17, 15) is 0 Å². The Morgan fingerprint density at radius 1 is 0.365 bits per heavy atom. The number of fused-ring (bicyclic) bond motifs is 11. The Morgan fingerprint density at radius 3 is 1.85 bits per heavy atom. The molecule has 3 heterocycles. The van der Waals surface area contributed by atoms with E-state index in [1.807, 2.05) is 6.20 Å². The van der Waals surface area contributed by atoms with E-state index < -0.39 is 0 Å². The molecule has 3 aromatic heterocycles. The van der Waals surface area contributed by atoms with Crippen LogP contribution in [0, 0.1) is 0 Å². The van der Waals surface area contributed by atoms with Gasteiger partial charge in [0.05, 0.1) is 27.6 Å². The summed E-state index contributed by atoms with van der Waals surface area (Å²) in [5.41, 5.74) is 15.6. The van der Waals surface area contributed by atoms with Gasteiger partial charge in [-0.05, 0) is 99.4 Å². The van der Waals surface area contributed by atoms with E-state index in [1.54, 1.807) is 0 Å². The molecule has 0 unspecified atom stereocenters. The number of aromatic nitrogens is 3. The van der Waals surface area contributed by atoms with E-state index in [-0.39, 0.29) is 0 Å². The highest BCUT2D eigenvalue weighted by Crippen LogP contribution is 2.48. The summed E-state index contributed by atoms with van der Waals surface area (Å²) in [6, 6.07) is 62.2. The zero-order valence-corrected chi connectivity index (χ0v) is 28.1. The van der Waals surface area contributed by atoms with Gasteiger partial charge in [-0.2, -0.15) is 0 Å². The summed E-state index contributed by atoms with van der Waals surface area (Å²) in [4.78, 5) is 4.93. The second kappa shape index (κ2) is 10.3. The average Bonchev–Trinajstić information content (AvgIpc) is 3.84. The Balaban J connectivity index is 1.12. The van der Waals surface area contributed by atoms with Crippen molar-refractivity contribution in [3.63, 3.8) is 0 Å². The summed E-state index contributed by atoms with van der Waals surface area (Å²) in [5.74, 6) is 0. The fourth-order valence-electron chi connectivity index (χ4n) is 9.03. The third-order valence-corrected chi connectivity index (χ3v) is 11.3. The number of hydrogen-bond acceptors (Lipinski definition) is 1. The Morgan fingerprint density at radius 2 is 1.02 bits per heavy atom. The van der Waals surface area contributed by atoms with Crippen molar-refractivity contribution in [3.8, 4) is 44.8 Å². The van der Waals surface area contributed by atoms with E-state index in [0.29, 0.717) is 0 Å². The van der Waals surface area contributed by atoms with Crippen LogP contribution in [0.2, 0.25) is 0 Å². The highest BCUT2D eigenvalue weighted by molar-refractivity contribution is 6.20. The Hall–Kier alpha value is -6.97. The van der Waals surface area contributed by atoms with E-state index in [0.717, 1.165) is 11.2 Å². The third kappa shape index (κ3) is 3.72. The van der Waals surface area contributed by atoms with Crippen LogP contribution >= 0.6 is 0 Å². The minimum absolute atomic E-state index is 1.02. The average molecular weight is 660 g/mol. The van der Waals surface area contributed by atoms with Crippen LogP contribution in [0.5, 0.6) is 0 Å². The first-order chi connectivity index (χ1) is 25.8. The highest BCUT2D eigenvalue weighted by Gasteiger charge is 2.24. The number of hydrogen-bond donors (Lipinski definition) is 0. The van der Waals surface area contributed by atoms with Crippen molar-refractivity contribution in [2.75, 3.05) is 0 Å². The molecule has 0 radical (unpaired) electrons. The predicted octanol–water partition coefficient (Wildman–Crippen LogP) is 12.9. The van der Waals surface area contributed by atoms with Gasteiger partial charge < -0.3 is 9.13 Å². The lowest BCUT2D eigenvalue weighted by molar-refractivity contribution is 1.18. The van der Waals surface area contributed by atoms with Gasteiger partial charge in [-0.1, -0.05) is 109 Å². The molecule has 0 fully saturated rings. The molecule has 52 heavy (non-hydrogen) atoms. The molecule has 11 aromatic rings. The molecule has 0 N–H and O–H groups in total. The first-order valence-corrected chi connectivity index (χ1v) is 17.9. The maximum Gasteiger partial charge on any atom is 0.0735 e. The van der Waals surface area contributed by atoms with Gasteiger partial charge >= 0.3 is 0 Å². The van der Waals surface area contributed by atoms with Crippen LogP contribution in [0.3, 0.4) is 0 Å². The van der Waals surface area contributed by atoms with Crippen LogP contribution in [0.15, 0.2) is 176 Å². The smallest absolute Gasteiger partial charge is 0.0735 e. The van der Waals surface area contributed by atoms with Gasteiger partial charge in [-0.3, -0.25) is 4.98 Å². The molecule has 0 saturated heterocycles. The standard InChI is InChI=1S/C49H29N3/c1-2-11-33(12-3-1)51-45-17-9-8-16-38(45)41-26-31(19-22-46(41)51)32-20-23-47-42(27-32)40-21-18-30-10-4-5-13-35(30)49(40)52(47)34-28-43-37-15-7-6-14-36(37)39-24-25-50-44(29-34)48(39)43/h1-29H. The zero-order valence-electron chi connectivity index (χ0n) is 28.1. The van der Waals surface area contributed by atoms with Gasteiger partial charge in [0.15, 0.2) is 0 Å². The summed E-state index contributed by atoms with van der Waals surface area (Å²) in [7, 11) is 0. The van der Waals surface area contributed by atoms with Crippen molar-refractivity contribution in [2.45, 2.75) is 0 Å². The van der Waals surface area contributed by atoms with Gasteiger partial charge in [0, 0.05) is 49.9 Å². The SMILES string of the molecule is c1ccc(-n2c3ccccc3c3cc(-c4ccc5c(c4)c4ccc6ccccc6c4n5-c4cc5c6c(ccnc6c4)-c4ccccc4-5)ccc32)cc1. The first-order valence-electron chi connectivity index (χ1n) is 17.9. The Bertz CT molecular complexity index is 3290. The summed E-state index contributed by atoms with van der Waals surface area (Å²) < 4.78 is 4.85. The van der Waals surface area contributed by atoms with Gasteiger partial charge in [-0.15, -0.1) is 0 Å². The van der Waals surface area contributed by atoms with E-state index in [4.69, 9.17) is 4.98 Å². The van der Waals surface area contributed by atoms with Crippen LogP contribution < -0.4 is 0 Å². The zero-order chi connectivity index (χ0) is 33.9. The Labute approximate surface area is 299 Å². The molecule has 0 spiro atoms. The molecule has 0 bridgehead atoms. The summed E-state index contributed by atoms with van der Waals surface area (Å²) in [6.45, 7) is 0. The molecule has 1 aliphatic carbocycles. The molecule has 240 valence electrons. The van der Waals surface area contributed by atoms with Crippen molar-refractivity contribution in [2.24, 2.45) is 0 Å². The second-order valence-electron chi connectivity index (χ2n) is 14.0. The number of nitrogens with zero attached hydrogens (tertiary/aromatic N) is 3. The van der Waals surface area contributed by atoms with Crippen molar-refractivity contribution >= 4 is 65.3 Å². The maximum atomic E-state index is 4.93. The van der Waals surface area contributed by atoms with Gasteiger partial charge in [0.2, 0.25) is 0 Å². The molecule has 12 rings (SSSR count). The lowest BCUT2D eigenvalue weighted by Gasteiger charge is -2.13. The van der Waals surface area contributed by atoms with Crippen LogP contribution in [0.1, 0.15) is 0 Å². The minimum atomic E-state index is 1.02. The summed E-state index contributed by atoms with van der Waals surface area (Å²) >= 11 is 0. The molecule has 3 nitrogen and oxygen atoms in total. The first kappa shape index (κ1) is 27.8. The number of para-hydroxylation sites is 2. The Kier molecular flexibility index (Phi) is 5.50. The predicted molar refractivity (Wildman–Crippen MR) is 218 cm³/mol. The summed E-state index contributed by atoms with van der Waals surface area (Å²) in [5, 5.41) is 8.72. The van der Waals surface area contributed by atoms with Crippen LogP contribution in [-0.4, -0.2) is 14.1 Å². The minimum Gasteiger partial charge on any atom is -0.309 e. The van der Waals surface area contributed by atoms with Crippen molar-refractivity contribution in [1.82, 2.24) is 14.1 Å². The highest BCUT2D eigenvalue weighted by atomic mass is 15.0. The second-order valence-corrected chi connectivity index (χ2v) is 14.0. The van der Waals surface area contributed by atoms with Gasteiger partial charge in [0.1, 0.15) is 0 Å².